The highest BCUT2D eigenvalue weighted by atomic mass is 16.5. The minimum Gasteiger partial charge on any atom is -0.493 e. The zero-order valence-electron chi connectivity index (χ0n) is 17.2. The number of ether oxygens (including phenoxy) is 2. The summed E-state index contributed by atoms with van der Waals surface area (Å²) in [4.78, 5) is 4.70. The van der Waals surface area contributed by atoms with Crippen molar-refractivity contribution in [3.8, 4) is 11.5 Å². The molecular weight excluding hydrogens is 354 g/mol. The van der Waals surface area contributed by atoms with E-state index in [4.69, 9.17) is 19.6 Å². The predicted molar refractivity (Wildman–Crippen MR) is 113 cm³/mol. The number of methoxy groups -OCH3 is 1. The number of hydrogen-bond donors (Lipinski definition) is 3. The van der Waals surface area contributed by atoms with Gasteiger partial charge in [-0.25, -0.2) is 4.99 Å². The van der Waals surface area contributed by atoms with Gasteiger partial charge in [-0.3, -0.25) is 0 Å². The summed E-state index contributed by atoms with van der Waals surface area (Å²) in [5.74, 6) is 2.01. The molecule has 0 saturated carbocycles. The van der Waals surface area contributed by atoms with E-state index in [-0.39, 0.29) is 19.3 Å². The van der Waals surface area contributed by atoms with E-state index in [1.54, 1.807) is 7.11 Å². The van der Waals surface area contributed by atoms with Crippen LogP contribution in [-0.2, 0) is 6.54 Å². The summed E-state index contributed by atoms with van der Waals surface area (Å²) >= 11 is 0. The summed E-state index contributed by atoms with van der Waals surface area (Å²) in [6.07, 6.45) is 0. The van der Waals surface area contributed by atoms with Crippen LogP contribution in [0.3, 0.4) is 0 Å². The maximum absolute atomic E-state index is 8.92. The van der Waals surface area contributed by atoms with Crippen molar-refractivity contribution in [3.63, 3.8) is 0 Å². The molecule has 0 aliphatic rings. The number of nitrogens with zero attached hydrogens (tertiary/aromatic N) is 1. The van der Waals surface area contributed by atoms with Crippen LogP contribution in [0.15, 0.2) is 47.5 Å². The van der Waals surface area contributed by atoms with Gasteiger partial charge < -0.3 is 25.2 Å². The third-order valence-corrected chi connectivity index (χ3v) is 4.35. The first-order chi connectivity index (χ1) is 13.6. The van der Waals surface area contributed by atoms with Gasteiger partial charge in [-0.2, -0.15) is 0 Å². The van der Waals surface area contributed by atoms with Gasteiger partial charge >= 0.3 is 0 Å². The fraction of sp³-hybridized carbons (Fsp3) is 0.409. The zero-order chi connectivity index (χ0) is 20.4. The number of nitrogens with one attached hydrogen (secondary N) is 2. The molecule has 0 spiro atoms. The first-order valence-electron chi connectivity index (χ1n) is 9.60. The van der Waals surface area contributed by atoms with E-state index in [0.717, 1.165) is 18.1 Å². The van der Waals surface area contributed by atoms with E-state index in [1.165, 1.54) is 11.1 Å². The number of guanidine groups is 1. The van der Waals surface area contributed by atoms with Crippen LogP contribution in [0.1, 0.15) is 36.6 Å². The number of aliphatic hydroxyl groups excluding tert-OH is 1. The van der Waals surface area contributed by atoms with E-state index in [0.29, 0.717) is 18.0 Å². The molecule has 2 aromatic rings. The molecule has 1 atom stereocenters. The first-order valence-corrected chi connectivity index (χ1v) is 9.60. The SMILES string of the molecule is CCNC(=NCc1ccc(OCCO)c(OC)c1)NC(C)c1ccccc1C. The van der Waals surface area contributed by atoms with Crippen molar-refractivity contribution >= 4 is 5.96 Å². The van der Waals surface area contributed by atoms with Gasteiger partial charge in [0.15, 0.2) is 17.5 Å². The molecule has 2 rings (SSSR count). The van der Waals surface area contributed by atoms with E-state index >= 15 is 0 Å². The third-order valence-electron chi connectivity index (χ3n) is 4.35. The lowest BCUT2D eigenvalue weighted by Crippen LogP contribution is -2.38. The Labute approximate surface area is 167 Å². The van der Waals surface area contributed by atoms with Crippen molar-refractivity contribution in [3.05, 3.63) is 59.2 Å². The Morgan fingerprint density at radius 2 is 1.96 bits per heavy atom. The smallest absolute Gasteiger partial charge is 0.192 e. The summed E-state index contributed by atoms with van der Waals surface area (Å²) in [5, 5.41) is 15.7. The van der Waals surface area contributed by atoms with Crippen molar-refractivity contribution in [2.75, 3.05) is 26.9 Å². The molecule has 0 radical (unpaired) electrons. The van der Waals surface area contributed by atoms with Crippen LogP contribution in [0.25, 0.3) is 0 Å². The third kappa shape index (κ3) is 6.16. The number of aliphatic imine (C=N–C) groups is 1. The van der Waals surface area contributed by atoms with Gasteiger partial charge in [-0.15, -0.1) is 0 Å². The Kier molecular flexibility index (Phi) is 8.62. The van der Waals surface area contributed by atoms with Crippen molar-refractivity contribution in [1.29, 1.82) is 0 Å². The van der Waals surface area contributed by atoms with Crippen LogP contribution in [0.5, 0.6) is 11.5 Å². The minimum atomic E-state index is -0.0357. The summed E-state index contributed by atoms with van der Waals surface area (Å²) in [6, 6.07) is 14.2. The van der Waals surface area contributed by atoms with Crippen LogP contribution < -0.4 is 20.1 Å². The maximum Gasteiger partial charge on any atom is 0.192 e. The first kappa shape index (κ1) is 21.6. The molecule has 0 fully saturated rings. The topological polar surface area (TPSA) is 75.1 Å². The van der Waals surface area contributed by atoms with Crippen LogP contribution in [0.4, 0.5) is 0 Å². The van der Waals surface area contributed by atoms with E-state index in [9.17, 15) is 0 Å². The van der Waals surface area contributed by atoms with Gasteiger partial charge in [0.25, 0.3) is 0 Å². The standard InChI is InChI=1S/C22H31N3O3/c1-5-23-22(25-17(3)19-9-7-6-8-16(19)2)24-15-18-10-11-20(28-13-12-26)21(14-18)27-4/h6-11,14,17,26H,5,12-13,15H2,1-4H3,(H2,23,24,25). The molecule has 1 unspecified atom stereocenters. The molecule has 3 N–H and O–H groups in total. The molecule has 6 heteroatoms. The van der Waals surface area contributed by atoms with Gasteiger partial charge in [-0.1, -0.05) is 30.3 Å². The molecule has 0 amide bonds. The highest BCUT2D eigenvalue weighted by Crippen LogP contribution is 2.28. The highest BCUT2D eigenvalue weighted by Gasteiger charge is 2.10. The van der Waals surface area contributed by atoms with Crippen LogP contribution in [0.2, 0.25) is 0 Å². The average Bonchev–Trinajstić information content (AvgIpc) is 2.71. The number of rotatable bonds is 9. The Morgan fingerprint density at radius 1 is 1.18 bits per heavy atom. The quantitative estimate of drug-likeness (QED) is 0.457. The normalized spacial score (nSPS) is 12.4. The molecular formula is C22H31N3O3. The highest BCUT2D eigenvalue weighted by molar-refractivity contribution is 5.80. The maximum atomic E-state index is 8.92. The second-order valence-corrected chi connectivity index (χ2v) is 6.48. The van der Waals surface area contributed by atoms with E-state index in [1.807, 2.05) is 31.2 Å². The largest absolute Gasteiger partial charge is 0.493 e. The van der Waals surface area contributed by atoms with Gasteiger partial charge in [0, 0.05) is 6.54 Å². The monoisotopic (exact) mass is 385 g/mol. The van der Waals surface area contributed by atoms with Crippen LogP contribution >= 0.6 is 0 Å². The molecule has 0 aliphatic heterocycles. The lowest BCUT2D eigenvalue weighted by molar-refractivity contribution is 0.196. The number of hydrogen-bond acceptors (Lipinski definition) is 4. The molecule has 152 valence electrons. The lowest BCUT2D eigenvalue weighted by atomic mass is 10.0. The fourth-order valence-corrected chi connectivity index (χ4v) is 2.93. The van der Waals surface area contributed by atoms with Crippen LogP contribution in [0, 0.1) is 6.92 Å². The Bertz CT molecular complexity index is 777. The summed E-state index contributed by atoms with van der Waals surface area (Å²) in [6.45, 7) is 7.78. The molecule has 28 heavy (non-hydrogen) atoms. The second kappa shape index (κ2) is 11.2. The van der Waals surface area contributed by atoms with E-state index < -0.39 is 0 Å². The molecule has 0 saturated heterocycles. The molecule has 0 aromatic heterocycles. The zero-order valence-corrected chi connectivity index (χ0v) is 17.2. The fourth-order valence-electron chi connectivity index (χ4n) is 2.93. The molecule has 6 nitrogen and oxygen atoms in total. The molecule has 0 aliphatic carbocycles. The lowest BCUT2D eigenvalue weighted by Gasteiger charge is -2.20. The van der Waals surface area contributed by atoms with Gasteiger partial charge in [0.05, 0.1) is 26.3 Å². The average molecular weight is 386 g/mol. The minimum absolute atomic E-state index is 0.0357. The Hall–Kier alpha value is -2.73. The summed E-state index contributed by atoms with van der Waals surface area (Å²) < 4.78 is 10.9. The van der Waals surface area contributed by atoms with Crippen molar-refractivity contribution in [2.45, 2.75) is 33.4 Å². The Morgan fingerprint density at radius 3 is 2.64 bits per heavy atom. The van der Waals surface area contributed by atoms with Crippen molar-refractivity contribution < 1.29 is 14.6 Å². The van der Waals surface area contributed by atoms with Crippen molar-refractivity contribution in [2.24, 2.45) is 4.99 Å². The van der Waals surface area contributed by atoms with Crippen molar-refractivity contribution in [1.82, 2.24) is 10.6 Å². The van der Waals surface area contributed by atoms with Gasteiger partial charge in [0.2, 0.25) is 0 Å². The molecule has 0 heterocycles. The van der Waals surface area contributed by atoms with Crippen LogP contribution in [-0.4, -0.2) is 37.9 Å². The summed E-state index contributed by atoms with van der Waals surface area (Å²) in [5.41, 5.74) is 3.51. The van der Waals surface area contributed by atoms with Gasteiger partial charge in [0.1, 0.15) is 6.61 Å². The molecule has 0 bridgehead atoms. The molecule has 2 aromatic carbocycles. The number of aryl methyl sites for hydroxylation is 1. The number of aliphatic hydroxyl groups is 1. The second-order valence-electron chi connectivity index (χ2n) is 6.48. The summed E-state index contributed by atoms with van der Waals surface area (Å²) in [7, 11) is 1.60. The Balaban J connectivity index is 2.10. The van der Waals surface area contributed by atoms with E-state index in [2.05, 4.69) is 42.7 Å². The number of benzene rings is 2. The predicted octanol–water partition coefficient (Wildman–Crippen LogP) is 3.19. The van der Waals surface area contributed by atoms with Gasteiger partial charge in [-0.05, 0) is 49.6 Å².